The lowest BCUT2D eigenvalue weighted by Crippen LogP contribution is -2.42. The average Bonchev–Trinajstić information content (AvgIpc) is 2.40. The Bertz CT molecular complexity index is 120. The summed E-state index contributed by atoms with van der Waals surface area (Å²) in [5, 5.41) is 12.7. The van der Waals surface area contributed by atoms with Crippen LogP contribution in [0.25, 0.3) is 0 Å². The van der Waals surface area contributed by atoms with Crippen LogP contribution in [-0.2, 0) is 0 Å². The van der Waals surface area contributed by atoms with E-state index >= 15 is 0 Å². The van der Waals surface area contributed by atoms with Crippen LogP contribution in [0.3, 0.4) is 0 Å². The predicted octanol–water partition coefficient (Wildman–Crippen LogP) is 0.0827. The van der Waals surface area contributed by atoms with Crippen molar-refractivity contribution >= 4 is 12.4 Å². The van der Waals surface area contributed by atoms with Gasteiger partial charge in [-0.25, -0.2) is 0 Å². The second kappa shape index (κ2) is 5.75. The third-order valence-electron chi connectivity index (χ3n) is 2.43. The van der Waals surface area contributed by atoms with Gasteiger partial charge in [-0.2, -0.15) is 0 Å². The van der Waals surface area contributed by atoms with Crippen LogP contribution in [0.5, 0.6) is 0 Å². The highest BCUT2D eigenvalue weighted by Gasteiger charge is 2.28. The molecule has 0 aliphatic carbocycles. The number of nitrogens with zero attached hydrogens (tertiary/aromatic N) is 1. The van der Waals surface area contributed by atoms with E-state index in [1.165, 1.54) is 0 Å². The lowest BCUT2D eigenvalue weighted by atomic mass is 10.2. The Morgan fingerprint density at radius 3 is 2.25 bits per heavy atom. The van der Waals surface area contributed by atoms with Gasteiger partial charge in [0.1, 0.15) is 0 Å². The van der Waals surface area contributed by atoms with Gasteiger partial charge in [0.15, 0.2) is 0 Å². The minimum Gasteiger partial charge on any atom is -0.390 e. The van der Waals surface area contributed by atoms with Gasteiger partial charge in [0.25, 0.3) is 0 Å². The van der Waals surface area contributed by atoms with Crippen LogP contribution in [0.1, 0.15) is 13.8 Å². The summed E-state index contributed by atoms with van der Waals surface area (Å²) in [6.07, 6.45) is -0.171. The molecule has 0 saturated carbocycles. The number of aliphatic hydroxyl groups excluding tert-OH is 1. The molecule has 1 heterocycles. The van der Waals surface area contributed by atoms with Gasteiger partial charge in [-0.05, 0) is 13.1 Å². The number of hydrogen-bond donors (Lipinski definition) is 2. The van der Waals surface area contributed by atoms with E-state index in [1.807, 2.05) is 0 Å². The molecule has 74 valence electrons. The lowest BCUT2D eigenvalue weighted by Gasteiger charge is -2.27. The first-order valence-corrected chi connectivity index (χ1v) is 4.42. The summed E-state index contributed by atoms with van der Waals surface area (Å²) in [5.41, 5.74) is 0. The quantitative estimate of drug-likeness (QED) is 0.668. The number of aliphatic hydroxyl groups is 1. The zero-order valence-corrected chi connectivity index (χ0v) is 8.60. The summed E-state index contributed by atoms with van der Waals surface area (Å²) in [7, 11) is 0. The molecule has 1 fully saturated rings. The Morgan fingerprint density at radius 1 is 1.33 bits per heavy atom. The minimum absolute atomic E-state index is 0. The van der Waals surface area contributed by atoms with E-state index in [2.05, 4.69) is 24.1 Å². The third-order valence-corrected chi connectivity index (χ3v) is 2.43. The zero-order chi connectivity index (χ0) is 8.27. The maximum Gasteiger partial charge on any atom is 0.0831 e. The SMILES string of the molecule is CCN(CC)[C@@H]1CNC[C@H]1O.Cl. The smallest absolute Gasteiger partial charge is 0.0831 e. The van der Waals surface area contributed by atoms with E-state index in [4.69, 9.17) is 0 Å². The van der Waals surface area contributed by atoms with Crippen molar-refractivity contribution in [3.05, 3.63) is 0 Å². The largest absolute Gasteiger partial charge is 0.390 e. The average molecular weight is 195 g/mol. The van der Waals surface area contributed by atoms with Crippen molar-refractivity contribution in [3.63, 3.8) is 0 Å². The fourth-order valence-corrected chi connectivity index (χ4v) is 1.72. The predicted molar refractivity (Wildman–Crippen MR) is 52.8 cm³/mol. The van der Waals surface area contributed by atoms with Crippen molar-refractivity contribution in [1.29, 1.82) is 0 Å². The van der Waals surface area contributed by atoms with Gasteiger partial charge in [0.05, 0.1) is 6.10 Å². The number of hydrogen-bond acceptors (Lipinski definition) is 3. The van der Waals surface area contributed by atoms with Gasteiger partial charge in [-0.15, -0.1) is 12.4 Å². The van der Waals surface area contributed by atoms with Crippen LogP contribution in [0.4, 0.5) is 0 Å². The molecule has 12 heavy (non-hydrogen) atoms. The van der Waals surface area contributed by atoms with E-state index < -0.39 is 0 Å². The molecule has 0 bridgehead atoms. The molecule has 0 radical (unpaired) electrons. The van der Waals surface area contributed by atoms with Gasteiger partial charge in [-0.1, -0.05) is 13.8 Å². The molecule has 1 rings (SSSR count). The molecule has 1 aliphatic heterocycles. The molecular formula is C8H19ClN2O. The third kappa shape index (κ3) is 2.59. The second-order valence-corrected chi connectivity index (χ2v) is 3.01. The normalized spacial score (nSPS) is 29.0. The van der Waals surface area contributed by atoms with Crippen molar-refractivity contribution < 1.29 is 5.11 Å². The number of likely N-dealkylation sites (N-methyl/N-ethyl adjacent to an activating group) is 1. The molecule has 2 atom stereocenters. The van der Waals surface area contributed by atoms with E-state index in [-0.39, 0.29) is 18.5 Å². The molecule has 0 unspecified atom stereocenters. The monoisotopic (exact) mass is 194 g/mol. The molecule has 0 aromatic heterocycles. The highest BCUT2D eigenvalue weighted by atomic mass is 35.5. The summed E-state index contributed by atoms with van der Waals surface area (Å²) in [6.45, 7) is 8.01. The van der Waals surface area contributed by atoms with Gasteiger partial charge >= 0.3 is 0 Å². The van der Waals surface area contributed by atoms with Crippen LogP contribution in [0, 0.1) is 0 Å². The van der Waals surface area contributed by atoms with Crippen LogP contribution in [0.2, 0.25) is 0 Å². The Balaban J connectivity index is 0.00000121. The zero-order valence-electron chi connectivity index (χ0n) is 7.79. The standard InChI is InChI=1S/C8H18N2O.ClH/c1-3-10(4-2)7-5-9-6-8(7)11;/h7-9,11H,3-6H2,1-2H3;1H/t7-,8-;/m1./s1. The minimum atomic E-state index is -0.171. The summed E-state index contributed by atoms with van der Waals surface area (Å²) in [5.74, 6) is 0. The molecule has 4 heteroatoms. The van der Waals surface area contributed by atoms with E-state index in [0.29, 0.717) is 6.04 Å². The molecule has 0 aromatic carbocycles. The summed E-state index contributed by atoms with van der Waals surface area (Å²) < 4.78 is 0. The Hall–Kier alpha value is 0.170. The maximum absolute atomic E-state index is 9.52. The summed E-state index contributed by atoms with van der Waals surface area (Å²) in [4.78, 5) is 2.30. The fourth-order valence-electron chi connectivity index (χ4n) is 1.72. The Labute approximate surface area is 80.5 Å². The van der Waals surface area contributed by atoms with Gasteiger partial charge in [0, 0.05) is 19.1 Å². The van der Waals surface area contributed by atoms with Crippen molar-refractivity contribution in [3.8, 4) is 0 Å². The van der Waals surface area contributed by atoms with Gasteiger partial charge in [0.2, 0.25) is 0 Å². The first kappa shape index (κ1) is 12.2. The van der Waals surface area contributed by atoms with E-state index in [9.17, 15) is 5.11 Å². The van der Waals surface area contributed by atoms with Crippen molar-refractivity contribution in [1.82, 2.24) is 10.2 Å². The number of halogens is 1. The summed E-state index contributed by atoms with van der Waals surface area (Å²) in [6, 6.07) is 0.338. The first-order valence-electron chi connectivity index (χ1n) is 4.42. The van der Waals surface area contributed by atoms with Crippen LogP contribution in [0.15, 0.2) is 0 Å². The van der Waals surface area contributed by atoms with E-state index in [1.54, 1.807) is 0 Å². The number of β-amino-alcohol motifs (C(OH)–C–C–N with tert-alkyl or cyclic N) is 1. The Kier molecular flexibility index (Phi) is 5.84. The van der Waals surface area contributed by atoms with E-state index in [0.717, 1.165) is 26.2 Å². The lowest BCUT2D eigenvalue weighted by molar-refractivity contribution is 0.0899. The van der Waals surface area contributed by atoms with Gasteiger partial charge in [-0.3, -0.25) is 4.90 Å². The topological polar surface area (TPSA) is 35.5 Å². The van der Waals surface area contributed by atoms with Gasteiger partial charge < -0.3 is 10.4 Å². The number of nitrogens with one attached hydrogen (secondary N) is 1. The van der Waals surface area contributed by atoms with Crippen molar-refractivity contribution in [2.24, 2.45) is 0 Å². The molecular weight excluding hydrogens is 176 g/mol. The van der Waals surface area contributed by atoms with Crippen LogP contribution < -0.4 is 5.32 Å². The van der Waals surface area contributed by atoms with Crippen molar-refractivity contribution in [2.45, 2.75) is 26.0 Å². The first-order chi connectivity index (χ1) is 5.29. The highest BCUT2D eigenvalue weighted by Crippen LogP contribution is 2.07. The number of rotatable bonds is 3. The van der Waals surface area contributed by atoms with Crippen molar-refractivity contribution in [2.75, 3.05) is 26.2 Å². The fraction of sp³-hybridized carbons (Fsp3) is 1.00. The molecule has 3 nitrogen and oxygen atoms in total. The molecule has 2 N–H and O–H groups in total. The maximum atomic E-state index is 9.52. The molecule has 0 aromatic rings. The summed E-state index contributed by atoms with van der Waals surface area (Å²) >= 11 is 0. The second-order valence-electron chi connectivity index (χ2n) is 3.01. The highest BCUT2D eigenvalue weighted by molar-refractivity contribution is 5.85. The molecule has 0 spiro atoms. The molecule has 0 amide bonds. The Morgan fingerprint density at radius 2 is 1.92 bits per heavy atom. The van der Waals surface area contributed by atoms with Crippen LogP contribution in [-0.4, -0.2) is 48.3 Å². The van der Waals surface area contributed by atoms with Crippen LogP contribution >= 0.6 is 12.4 Å². The molecule has 1 saturated heterocycles. The molecule has 1 aliphatic rings.